The van der Waals surface area contributed by atoms with Gasteiger partial charge in [-0.3, -0.25) is 0 Å². The molecule has 0 N–H and O–H groups in total. The summed E-state index contributed by atoms with van der Waals surface area (Å²) in [4.78, 5) is 0. The van der Waals surface area contributed by atoms with Crippen LogP contribution >= 0.6 is 0 Å². The van der Waals surface area contributed by atoms with E-state index in [1.807, 2.05) is 0 Å². The first-order valence-electron chi connectivity index (χ1n) is 6.31. The lowest BCUT2D eigenvalue weighted by Gasteiger charge is -2.26. The molecule has 0 radical (unpaired) electrons. The Kier molecular flexibility index (Phi) is 6.53. The van der Waals surface area contributed by atoms with Gasteiger partial charge in [0.15, 0.2) is 0 Å². The van der Waals surface area contributed by atoms with Crippen LogP contribution in [0.25, 0.3) is 0 Å². The molecule has 0 aliphatic heterocycles. The van der Waals surface area contributed by atoms with Crippen molar-refractivity contribution in [3.63, 3.8) is 0 Å². The second-order valence-corrected chi connectivity index (χ2v) is 7.34. The number of rotatable bonds is 6. The molecule has 0 saturated heterocycles. The third-order valence-corrected chi connectivity index (χ3v) is 5.64. The zero-order valence-corrected chi connectivity index (χ0v) is 11.7. The van der Waals surface area contributed by atoms with Crippen molar-refractivity contribution in [2.75, 3.05) is 14.2 Å². The highest BCUT2D eigenvalue weighted by Crippen LogP contribution is 2.31. The molecule has 0 aromatic rings. The second kappa shape index (κ2) is 7.42. The minimum Gasteiger partial charge on any atom is -0.400 e. The number of hydrogen-bond acceptors (Lipinski definition) is 2. The van der Waals surface area contributed by atoms with Gasteiger partial charge in [-0.05, 0) is 17.9 Å². The van der Waals surface area contributed by atoms with Crippen molar-refractivity contribution in [2.45, 2.75) is 51.5 Å². The van der Waals surface area contributed by atoms with Gasteiger partial charge in [-0.2, -0.15) is 0 Å². The summed E-state index contributed by atoms with van der Waals surface area (Å²) in [6.07, 6.45) is 8.49. The van der Waals surface area contributed by atoms with Gasteiger partial charge in [0, 0.05) is 14.2 Å². The quantitative estimate of drug-likeness (QED) is 0.653. The van der Waals surface area contributed by atoms with Crippen molar-refractivity contribution in [3.8, 4) is 0 Å². The Morgan fingerprint density at radius 1 is 1.07 bits per heavy atom. The van der Waals surface area contributed by atoms with Crippen molar-refractivity contribution < 1.29 is 8.85 Å². The summed E-state index contributed by atoms with van der Waals surface area (Å²) in [6, 6.07) is 1.18. The SMILES string of the molecule is CO[SiH](CCCC1CCC(C)CC1)OC. The van der Waals surface area contributed by atoms with E-state index in [0.29, 0.717) is 0 Å². The van der Waals surface area contributed by atoms with Crippen molar-refractivity contribution in [1.29, 1.82) is 0 Å². The fourth-order valence-corrected chi connectivity index (χ4v) is 3.76. The van der Waals surface area contributed by atoms with Crippen LogP contribution in [-0.2, 0) is 8.85 Å². The van der Waals surface area contributed by atoms with Crippen molar-refractivity contribution in [1.82, 2.24) is 0 Å². The molecule has 1 aliphatic carbocycles. The molecule has 3 heteroatoms. The monoisotopic (exact) mass is 230 g/mol. The average molecular weight is 230 g/mol. The minimum atomic E-state index is -1.28. The lowest BCUT2D eigenvalue weighted by Crippen LogP contribution is -2.19. The minimum absolute atomic E-state index is 0.973. The van der Waals surface area contributed by atoms with Gasteiger partial charge in [0.1, 0.15) is 0 Å². The molecule has 0 bridgehead atoms. The molecule has 2 nitrogen and oxygen atoms in total. The number of hydrogen-bond donors (Lipinski definition) is 0. The maximum atomic E-state index is 5.32. The summed E-state index contributed by atoms with van der Waals surface area (Å²) in [5, 5.41) is 0. The van der Waals surface area contributed by atoms with E-state index in [9.17, 15) is 0 Å². The average Bonchev–Trinajstić information content (AvgIpc) is 2.27. The maximum Gasteiger partial charge on any atom is 0.320 e. The molecular formula is C12H26O2Si. The van der Waals surface area contributed by atoms with E-state index < -0.39 is 9.28 Å². The summed E-state index contributed by atoms with van der Waals surface area (Å²) < 4.78 is 10.6. The Morgan fingerprint density at radius 2 is 1.67 bits per heavy atom. The third-order valence-electron chi connectivity index (χ3n) is 3.71. The fraction of sp³-hybridized carbons (Fsp3) is 1.00. The van der Waals surface area contributed by atoms with Gasteiger partial charge >= 0.3 is 9.28 Å². The van der Waals surface area contributed by atoms with Gasteiger partial charge < -0.3 is 8.85 Å². The molecule has 90 valence electrons. The van der Waals surface area contributed by atoms with Crippen molar-refractivity contribution >= 4 is 9.28 Å². The molecule has 0 amide bonds. The van der Waals surface area contributed by atoms with E-state index in [1.165, 1.54) is 44.6 Å². The first-order valence-corrected chi connectivity index (χ1v) is 8.07. The van der Waals surface area contributed by atoms with Crippen LogP contribution in [0.3, 0.4) is 0 Å². The van der Waals surface area contributed by atoms with Gasteiger partial charge in [-0.25, -0.2) is 0 Å². The van der Waals surface area contributed by atoms with Crippen LogP contribution in [0.1, 0.15) is 45.4 Å². The molecule has 1 saturated carbocycles. The van der Waals surface area contributed by atoms with Crippen LogP contribution in [0, 0.1) is 11.8 Å². The van der Waals surface area contributed by atoms with Crippen LogP contribution in [0.4, 0.5) is 0 Å². The first kappa shape index (κ1) is 13.2. The molecule has 1 fully saturated rings. The molecule has 15 heavy (non-hydrogen) atoms. The Labute approximate surface area is 96.2 Å². The molecule has 0 aromatic heterocycles. The third kappa shape index (κ3) is 5.14. The predicted molar refractivity (Wildman–Crippen MR) is 66.3 cm³/mol. The zero-order chi connectivity index (χ0) is 11.1. The van der Waals surface area contributed by atoms with Gasteiger partial charge in [-0.1, -0.05) is 45.4 Å². The molecular weight excluding hydrogens is 204 g/mol. The standard InChI is InChI=1S/C12H26O2Si/c1-11-6-8-12(9-7-11)5-4-10-15(13-2)14-3/h11-12,15H,4-10H2,1-3H3. The summed E-state index contributed by atoms with van der Waals surface area (Å²) in [5.74, 6) is 1.96. The summed E-state index contributed by atoms with van der Waals surface area (Å²) >= 11 is 0. The lowest BCUT2D eigenvalue weighted by molar-refractivity contribution is 0.261. The molecule has 0 spiro atoms. The van der Waals surface area contributed by atoms with Crippen LogP contribution in [0.15, 0.2) is 0 Å². The van der Waals surface area contributed by atoms with Gasteiger partial charge in [0.05, 0.1) is 0 Å². The van der Waals surface area contributed by atoms with Crippen LogP contribution < -0.4 is 0 Å². The normalized spacial score (nSPS) is 27.2. The fourth-order valence-electron chi connectivity index (χ4n) is 2.52. The molecule has 0 unspecified atom stereocenters. The Bertz CT molecular complexity index is 152. The van der Waals surface area contributed by atoms with E-state index in [4.69, 9.17) is 8.85 Å². The van der Waals surface area contributed by atoms with Crippen molar-refractivity contribution in [3.05, 3.63) is 0 Å². The van der Waals surface area contributed by atoms with E-state index in [1.54, 1.807) is 14.2 Å². The van der Waals surface area contributed by atoms with Crippen molar-refractivity contribution in [2.24, 2.45) is 11.8 Å². The molecule has 0 heterocycles. The highest BCUT2D eigenvalue weighted by molar-refractivity contribution is 6.44. The largest absolute Gasteiger partial charge is 0.400 e. The van der Waals surface area contributed by atoms with Crippen LogP contribution in [-0.4, -0.2) is 23.5 Å². The lowest BCUT2D eigenvalue weighted by atomic mass is 9.81. The Balaban J connectivity index is 2.04. The predicted octanol–water partition coefficient (Wildman–Crippen LogP) is 3.11. The molecule has 1 rings (SSSR count). The van der Waals surface area contributed by atoms with E-state index >= 15 is 0 Å². The molecule has 1 aliphatic rings. The molecule has 0 atom stereocenters. The Morgan fingerprint density at radius 3 is 2.20 bits per heavy atom. The molecule has 0 aromatic carbocycles. The summed E-state index contributed by atoms with van der Waals surface area (Å²) in [5.41, 5.74) is 0. The highest BCUT2D eigenvalue weighted by Gasteiger charge is 2.18. The summed E-state index contributed by atoms with van der Waals surface area (Å²) in [6.45, 7) is 2.38. The maximum absolute atomic E-state index is 5.32. The van der Waals surface area contributed by atoms with Crippen LogP contribution in [0.2, 0.25) is 6.04 Å². The van der Waals surface area contributed by atoms with Crippen LogP contribution in [0.5, 0.6) is 0 Å². The zero-order valence-electron chi connectivity index (χ0n) is 10.5. The topological polar surface area (TPSA) is 18.5 Å². The van der Waals surface area contributed by atoms with E-state index in [-0.39, 0.29) is 0 Å². The Hall–Kier alpha value is 0.137. The second-order valence-electron chi connectivity index (χ2n) is 4.96. The first-order chi connectivity index (χ1) is 7.26. The van der Waals surface area contributed by atoms with E-state index in [0.717, 1.165) is 11.8 Å². The smallest absolute Gasteiger partial charge is 0.320 e. The summed E-state index contributed by atoms with van der Waals surface area (Å²) in [7, 11) is 2.28. The van der Waals surface area contributed by atoms with Gasteiger partial charge in [-0.15, -0.1) is 0 Å². The highest BCUT2D eigenvalue weighted by atomic mass is 28.3. The van der Waals surface area contributed by atoms with Gasteiger partial charge in [0.2, 0.25) is 0 Å². The van der Waals surface area contributed by atoms with Gasteiger partial charge in [0.25, 0.3) is 0 Å². The van der Waals surface area contributed by atoms with E-state index in [2.05, 4.69) is 6.92 Å².